The number of rotatable bonds is 5. The Morgan fingerprint density at radius 2 is 2.06 bits per heavy atom. The summed E-state index contributed by atoms with van der Waals surface area (Å²) in [6.07, 6.45) is 0.326. The molecule has 0 heterocycles. The van der Waals surface area contributed by atoms with E-state index < -0.39 is 0 Å². The van der Waals surface area contributed by atoms with E-state index in [-0.39, 0.29) is 5.78 Å². The summed E-state index contributed by atoms with van der Waals surface area (Å²) >= 11 is 5.98. The Bertz CT molecular complexity index is 388. The van der Waals surface area contributed by atoms with Crippen LogP contribution in [0.25, 0.3) is 0 Å². The van der Waals surface area contributed by atoms with Crippen LogP contribution in [0.2, 0.25) is 5.02 Å². The van der Waals surface area contributed by atoms with Gasteiger partial charge in [-0.2, -0.15) is 0 Å². The van der Waals surface area contributed by atoms with Gasteiger partial charge in [0.05, 0.1) is 19.3 Å². The third-order valence-electron chi connectivity index (χ3n) is 2.31. The summed E-state index contributed by atoms with van der Waals surface area (Å²) in [5, 5.41) is 0.571. The van der Waals surface area contributed by atoms with Crippen LogP contribution in [-0.2, 0) is 4.74 Å². The average Bonchev–Trinajstić information content (AvgIpc) is 2.28. The highest BCUT2D eigenvalue weighted by atomic mass is 35.5. The molecule has 0 spiro atoms. The molecule has 1 aromatic rings. The van der Waals surface area contributed by atoms with Gasteiger partial charge in [0.1, 0.15) is 5.75 Å². The lowest BCUT2D eigenvalue weighted by Gasteiger charge is -2.09. The van der Waals surface area contributed by atoms with Crippen LogP contribution < -0.4 is 4.74 Å². The number of hydrogen-bond acceptors (Lipinski definition) is 3. The van der Waals surface area contributed by atoms with Crippen molar-refractivity contribution < 1.29 is 14.3 Å². The fourth-order valence-electron chi connectivity index (χ4n) is 1.37. The summed E-state index contributed by atoms with van der Waals surface area (Å²) in [6, 6.07) is 3.41. The standard InChI is InChI=1S/C12H15ClO3/c1-8-6-12(16-3)9(7-10(8)13)11(14)4-5-15-2/h6-7H,4-5H2,1-3H3. The maximum Gasteiger partial charge on any atom is 0.168 e. The van der Waals surface area contributed by atoms with Crippen LogP contribution in [0.4, 0.5) is 0 Å². The second-order valence-electron chi connectivity index (χ2n) is 3.47. The Morgan fingerprint density at radius 3 is 2.62 bits per heavy atom. The van der Waals surface area contributed by atoms with Gasteiger partial charge in [0.15, 0.2) is 5.78 Å². The zero-order valence-electron chi connectivity index (χ0n) is 9.67. The van der Waals surface area contributed by atoms with Gasteiger partial charge in [-0.1, -0.05) is 11.6 Å². The minimum absolute atomic E-state index is 0.0272. The van der Waals surface area contributed by atoms with Gasteiger partial charge in [-0.25, -0.2) is 0 Å². The molecule has 0 atom stereocenters. The molecule has 0 aliphatic heterocycles. The molecule has 0 aliphatic rings. The topological polar surface area (TPSA) is 35.5 Å². The first-order valence-corrected chi connectivity index (χ1v) is 5.34. The fourth-order valence-corrected chi connectivity index (χ4v) is 1.53. The number of methoxy groups -OCH3 is 2. The lowest BCUT2D eigenvalue weighted by atomic mass is 10.1. The Morgan fingerprint density at radius 1 is 1.38 bits per heavy atom. The minimum Gasteiger partial charge on any atom is -0.496 e. The molecule has 0 radical (unpaired) electrons. The third-order valence-corrected chi connectivity index (χ3v) is 2.72. The van der Waals surface area contributed by atoms with Crippen molar-refractivity contribution in [3.05, 3.63) is 28.3 Å². The molecular weight excluding hydrogens is 228 g/mol. The molecule has 16 heavy (non-hydrogen) atoms. The molecule has 1 rings (SSSR count). The molecule has 3 nitrogen and oxygen atoms in total. The van der Waals surface area contributed by atoms with E-state index in [0.29, 0.717) is 29.4 Å². The highest BCUT2D eigenvalue weighted by molar-refractivity contribution is 6.31. The second-order valence-corrected chi connectivity index (χ2v) is 3.87. The number of carbonyl (C=O) groups is 1. The number of ketones is 1. The number of aryl methyl sites for hydroxylation is 1. The van der Waals surface area contributed by atoms with E-state index >= 15 is 0 Å². The lowest BCUT2D eigenvalue weighted by Crippen LogP contribution is -2.06. The van der Waals surface area contributed by atoms with Crippen LogP contribution in [0.3, 0.4) is 0 Å². The summed E-state index contributed by atoms with van der Waals surface area (Å²) in [6.45, 7) is 2.27. The largest absolute Gasteiger partial charge is 0.496 e. The summed E-state index contributed by atoms with van der Waals surface area (Å²) in [5.74, 6) is 0.531. The van der Waals surface area contributed by atoms with E-state index in [2.05, 4.69) is 0 Å². The van der Waals surface area contributed by atoms with Crippen molar-refractivity contribution in [2.24, 2.45) is 0 Å². The van der Waals surface area contributed by atoms with Crippen molar-refractivity contribution in [3.8, 4) is 5.75 Å². The molecule has 0 amide bonds. The van der Waals surface area contributed by atoms with Crippen molar-refractivity contribution in [1.29, 1.82) is 0 Å². The normalized spacial score (nSPS) is 10.2. The molecule has 88 valence electrons. The zero-order valence-corrected chi connectivity index (χ0v) is 10.4. The fraction of sp³-hybridized carbons (Fsp3) is 0.417. The molecular formula is C12H15ClO3. The molecule has 1 aromatic carbocycles. The Kier molecular flexibility index (Phi) is 4.77. The minimum atomic E-state index is -0.0272. The summed E-state index contributed by atoms with van der Waals surface area (Å²) in [4.78, 5) is 11.8. The maximum atomic E-state index is 11.8. The maximum absolute atomic E-state index is 11.8. The Labute approximate surface area is 100 Å². The second kappa shape index (κ2) is 5.87. The first-order valence-electron chi connectivity index (χ1n) is 4.96. The molecule has 0 fully saturated rings. The molecule has 0 unspecified atom stereocenters. The number of Topliss-reactive ketones (excluding diaryl/α,β-unsaturated/α-hetero) is 1. The molecule has 0 N–H and O–H groups in total. The van der Waals surface area contributed by atoms with Gasteiger partial charge in [0.25, 0.3) is 0 Å². The van der Waals surface area contributed by atoms with E-state index in [1.54, 1.807) is 19.2 Å². The van der Waals surface area contributed by atoms with Gasteiger partial charge >= 0.3 is 0 Å². The van der Waals surface area contributed by atoms with E-state index in [1.165, 1.54) is 7.11 Å². The van der Waals surface area contributed by atoms with Crippen molar-refractivity contribution in [2.45, 2.75) is 13.3 Å². The van der Waals surface area contributed by atoms with Gasteiger partial charge in [-0.15, -0.1) is 0 Å². The number of benzene rings is 1. The first kappa shape index (κ1) is 13.0. The predicted octanol–water partition coefficient (Wildman–Crippen LogP) is 2.88. The number of ether oxygens (including phenoxy) is 2. The van der Waals surface area contributed by atoms with Crippen LogP contribution >= 0.6 is 11.6 Å². The summed E-state index contributed by atoms with van der Waals surface area (Å²) in [7, 11) is 3.10. The third kappa shape index (κ3) is 2.97. The van der Waals surface area contributed by atoms with Gasteiger partial charge in [-0.05, 0) is 24.6 Å². The van der Waals surface area contributed by atoms with Gasteiger partial charge in [0.2, 0.25) is 0 Å². The van der Waals surface area contributed by atoms with E-state index in [0.717, 1.165) is 5.56 Å². The molecule has 0 aliphatic carbocycles. The average molecular weight is 243 g/mol. The number of carbonyl (C=O) groups excluding carboxylic acids is 1. The van der Waals surface area contributed by atoms with Crippen molar-refractivity contribution in [1.82, 2.24) is 0 Å². The van der Waals surface area contributed by atoms with Gasteiger partial charge in [-0.3, -0.25) is 4.79 Å². The van der Waals surface area contributed by atoms with E-state index in [4.69, 9.17) is 21.1 Å². The molecule has 0 saturated heterocycles. The first-order chi connectivity index (χ1) is 7.60. The number of hydrogen-bond donors (Lipinski definition) is 0. The smallest absolute Gasteiger partial charge is 0.168 e. The van der Waals surface area contributed by atoms with Crippen LogP contribution in [0.15, 0.2) is 12.1 Å². The Balaban J connectivity index is 3.02. The van der Waals surface area contributed by atoms with Crippen LogP contribution in [0.1, 0.15) is 22.3 Å². The molecule has 4 heteroatoms. The lowest BCUT2D eigenvalue weighted by molar-refractivity contribution is 0.0929. The van der Waals surface area contributed by atoms with Crippen molar-refractivity contribution >= 4 is 17.4 Å². The summed E-state index contributed by atoms with van der Waals surface area (Å²) in [5.41, 5.74) is 1.40. The highest BCUT2D eigenvalue weighted by Gasteiger charge is 2.14. The van der Waals surface area contributed by atoms with Crippen molar-refractivity contribution in [2.75, 3.05) is 20.8 Å². The Hall–Kier alpha value is -1.06. The molecule has 0 saturated carbocycles. The monoisotopic (exact) mass is 242 g/mol. The quantitative estimate of drug-likeness (QED) is 0.745. The number of halogens is 1. The van der Waals surface area contributed by atoms with Crippen LogP contribution in [-0.4, -0.2) is 26.6 Å². The molecule has 0 aromatic heterocycles. The summed E-state index contributed by atoms with van der Waals surface area (Å²) < 4.78 is 10.0. The SMILES string of the molecule is COCCC(=O)c1cc(Cl)c(C)cc1OC. The van der Waals surface area contributed by atoms with E-state index in [9.17, 15) is 4.79 Å². The van der Waals surface area contributed by atoms with Crippen molar-refractivity contribution in [3.63, 3.8) is 0 Å². The van der Waals surface area contributed by atoms with Crippen LogP contribution in [0, 0.1) is 6.92 Å². The highest BCUT2D eigenvalue weighted by Crippen LogP contribution is 2.27. The van der Waals surface area contributed by atoms with Crippen LogP contribution in [0.5, 0.6) is 5.75 Å². The van der Waals surface area contributed by atoms with E-state index in [1.807, 2.05) is 6.92 Å². The van der Waals surface area contributed by atoms with Gasteiger partial charge < -0.3 is 9.47 Å². The van der Waals surface area contributed by atoms with Gasteiger partial charge in [0, 0.05) is 18.6 Å². The predicted molar refractivity (Wildman–Crippen MR) is 63.6 cm³/mol. The molecule has 0 bridgehead atoms. The zero-order chi connectivity index (χ0) is 12.1.